The molecule has 0 spiro atoms. The third kappa shape index (κ3) is 13.1. The zero-order chi connectivity index (χ0) is 21.1. The van der Waals surface area contributed by atoms with Gasteiger partial charge in [0.25, 0.3) is 0 Å². The van der Waals surface area contributed by atoms with Crippen molar-refractivity contribution in [3.63, 3.8) is 0 Å². The Morgan fingerprint density at radius 1 is 0.286 bits per heavy atom. The summed E-state index contributed by atoms with van der Waals surface area (Å²) in [6.45, 7) is 14.6. The van der Waals surface area contributed by atoms with Crippen LogP contribution in [0.4, 0.5) is 0 Å². The Morgan fingerprint density at radius 2 is 0.464 bits per heavy atom. The van der Waals surface area contributed by atoms with Crippen LogP contribution in [-0.4, -0.2) is 36.8 Å². The van der Waals surface area contributed by atoms with Crippen LogP contribution in [0.5, 0.6) is 0 Å². The summed E-state index contributed by atoms with van der Waals surface area (Å²) in [4.78, 5) is 0. The Bertz CT molecular complexity index is 251. The van der Waals surface area contributed by atoms with E-state index in [9.17, 15) is 0 Å². The van der Waals surface area contributed by atoms with Gasteiger partial charge in [-0.05, 0) is 0 Å². The summed E-state index contributed by atoms with van der Waals surface area (Å²) in [5.74, 6) is 0. The molecule has 0 saturated heterocycles. The summed E-state index contributed by atoms with van der Waals surface area (Å²) in [6.07, 6.45) is 18.0. The van der Waals surface area contributed by atoms with Crippen LogP contribution in [-0.2, 0) is 0 Å². The average molecular weight is 608 g/mol. The molecule has 0 nitrogen and oxygen atoms in total. The summed E-state index contributed by atoms with van der Waals surface area (Å²) >= 11 is -3.85. The zero-order valence-corrected chi connectivity index (χ0v) is 26.9. The molecule has 0 amide bonds. The average Bonchev–Trinajstić information content (AvgIpc) is 2.73. The first kappa shape index (κ1) is 29.6. The van der Waals surface area contributed by atoms with E-state index in [2.05, 4.69) is 41.5 Å². The van der Waals surface area contributed by atoms with E-state index in [0.717, 1.165) is 0 Å². The molecule has 0 saturated carbocycles. The molecule has 0 radical (unpaired) electrons. The van der Waals surface area contributed by atoms with Crippen molar-refractivity contribution in [1.29, 1.82) is 0 Å². The van der Waals surface area contributed by atoms with Crippen molar-refractivity contribution in [2.45, 2.75) is 154 Å². The number of hydrogen-bond acceptors (Lipinski definition) is 0. The van der Waals surface area contributed by atoms with Crippen LogP contribution in [0.1, 0.15) is 119 Å². The number of rotatable bonds is 21. The Labute approximate surface area is 189 Å². The van der Waals surface area contributed by atoms with Crippen molar-refractivity contribution in [1.82, 2.24) is 0 Å². The second-order valence-corrected chi connectivity index (χ2v) is 38.7. The molecule has 0 aliphatic heterocycles. The van der Waals surface area contributed by atoms with E-state index >= 15 is 0 Å². The van der Waals surface area contributed by atoms with Crippen LogP contribution in [0.2, 0.25) is 35.5 Å². The van der Waals surface area contributed by atoms with E-state index in [4.69, 9.17) is 0 Å². The summed E-state index contributed by atoms with van der Waals surface area (Å²) in [7, 11) is 0. The summed E-state index contributed by atoms with van der Waals surface area (Å²) < 4.78 is 14.1. The van der Waals surface area contributed by atoms with Crippen molar-refractivity contribution >= 4 is 36.8 Å². The van der Waals surface area contributed by atoms with Crippen molar-refractivity contribution in [3.8, 4) is 0 Å². The maximum atomic E-state index is 2.43. The maximum absolute atomic E-state index is 2.43. The van der Waals surface area contributed by atoms with Gasteiger partial charge in [-0.25, -0.2) is 0 Å². The minimum absolute atomic E-state index is 1.44. The van der Waals surface area contributed by atoms with Crippen LogP contribution in [0.3, 0.4) is 0 Å². The molecule has 0 atom stereocenters. The molecule has 170 valence electrons. The molecule has 0 aliphatic carbocycles. The van der Waals surface area contributed by atoms with Crippen LogP contribution < -0.4 is 0 Å². The molecule has 0 unspecified atom stereocenters. The second-order valence-electron chi connectivity index (χ2n) is 10.1. The van der Waals surface area contributed by atoms with Crippen molar-refractivity contribution in [3.05, 3.63) is 0 Å². The first-order valence-corrected chi connectivity index (χ1v) is 29.7. The molecule has 0 aliphatic rings. The first-order valence-electron chi connectivity index (χ1n) is 13.6. The molecule has 0 aromatic rings. The molecule has 0 aromatic carbocycles. The molecule has 0 fully saturated rings. The van der Waals surface area contributed by atoms with Crippen LogP contribution in [0, 0.1) is 0 Å². The fraction of sp³-hybridized carbons (Fsp3) is 1.00. The monoisotopic (exact) mass is 610 g/mol. The standard InChI is InChI=1S/6C4H9.C2H4.2Sn/c6*1-3-4-2;1-2;;/h6*1,3-4H2,2H3;1-2H2;;. The van der Waals surface area contributed by atoms with Gasteiger partial charge in [-0.15, -0.1) is 0 Å². The summed E-state index contributed by atoms with van der Waals surface area (Å²) in [5.41, 5.74) is 0. The van der Waals surface area contributed by atoms with Crippen LogP contribution in [0.25, 0.3) is 0 Å². The van der Waals surface area contributed by atoms with E-state index in [1.807, 2.05) is 8.87 Å². The molecular weight excluding hydrogens is 550 g/mol. The van der Waals surface area contributed by atoms with Gasteiger partial charge in [0.15, 0.2) is 0 Å². The molecule has 28 heavy (non-hydrogen) atoms. The van der Waals surface area contributed by atoms with E-state index in [1.54, 1.807) is 65.1 Å². The van der Waals surface area contributed by atoms with Gasteiger partial charge in [0.2, 0.25) is 0 Å². The first-order chi connectivity index (χ1) is 13.6. The Balaban J connectivity index is 5.42. The van der Waals surface area contributed by atoms with Crippen molar-refractivity contribution in [2.75, 3.05) is 0 Å². The predicted octanol–water partition coefficient (Wildman–Crippen LogP) is 10.7. The van der Waals surface area contributed by atoms with Gasteiger partial charge in [0.05, 0.1) is 0 Å². The van der Waals surface area contributed by atoms with E-state index in [0.29, 0.717) is 0 Å². The van der Waals surface area contributed by atoms with Gasteiger partial charge < -0.3 is 0 Å². The number of hydrogen-bond donors (Lipinski definition) is 0. The molecule has 2 heteroatoms. The minimum atomic E-state index is -1.92. The molecule has 0 bridgehead atoms. The Kier molecular flexibility index (Phi) is 20.4. The van der Waals surface area contributed by atoms with Crippen LogP contribution >= 0.6 is 0 Å². The van der Waals surface area contributed by atoms with E-state index in [-0.39, 0.29) is 0 Å². The summed E-state index contributed by atoms with van der Waals surface area (Å²) in [6, 6.07) is 0. The van der Waals surface area contributed by atoms with Gasteiger partial charge in [0, 0.05) is 0 Å². The Hall–Kier alpha value is 1.60. The zero-order valence-electron chi connectivity index (χ0n) is 21.1. The van der Waals surface area contributed by atoms with E-state index in [1.165, 1.54) is 38.5 Å². The quantitative estimate of drug-likeness (QED) is 0.114. The third-order valence-corrected chi connectivity index (χ3v) is 43.3. The molecule has 0 rings (SSSR count). The fourth-order valence-electron chi connectivity index (χ4n) is 5.34. The molecular formula is C26H58Sn2. The second kappa shape index (κ2) is 19.3. The van der Waals surface area contributed by atoms with Crippen LogP contribution in [0.15, 0.2) is 0 Å². The molecule has 0 heterocycles. The van der Waals surface area contributed by atoms with Gasteiger partial charge in [-0.2, -0.15) is 0 Å². The van der Waals surface area contributed by atoms with E-state index < -0.39 is 36.8 Å². The predicted molar refractivity (Wildman–Crippen MR) is 139 cm³/mol. The summed E-state index contributed by atoms with van der Waals surface area (Å²) in [5, 5.41) is 0. The van der Waals surface area contributed by atoms with Gasteiger partial charge in [-0.1, -0.05) is 0 Å². The fourth-order valence-corrected chi connectivity index (χ4v) is 56.1. The third-order valence-electron chi connectivity index (χ3n) is 7.55. The van der Waals surface area contributed by atoms with Crippen molar-refractivity contribution in [2.24, 2.45) is 0 Å². The molecule has 0 aromatic heterocycles. The van der Waals surface area contributed by atoms with Crippen molar-refractivity contribution < 1.29 is 0 Å². The normalized spacial score (nSPS) is 12.6. The van der Waals surface area contributed by atoms with Gasteiger partial charge >= 0.3 is 191 Å². The molecule has 0 N–H and O–H groups in total. The Morgan fingerprint density at radius 3 is 0.607 bits per heavy atom. The topological polar surface area (TPSA) is 0 Å². The SMILES string of the molecule is CCC[CH2][Sn]([CH2]CCC)([CH2]CCC)[CH2][CH2][Sn]([CH2]CCC)([CH2]CCC)[CH2]CCC. The number of unbranched alkanes of at least 4 members (excludes halogenated alkanes) is 6. The van der Waals surface area contributed by atoms with Gasteiger partial charge in [0.1, 0.15) is 0 Å². The van der Waals surface area contributed by atoms with Gasteiger partial charge in [-0.3, -0.25) is 0 Å².